The molecule has 1 aromatic heterocycles. The Hall–Kier alpha value is -0.910. The van der Waals surface area contributed by atoms with E-state index >= 15 is 0 Å². The molecule has 5 heteroatoms. The first-order valence-corrected chi connectivity index (χ1v) is 5.12. The summed E-state index contributed by atoms with van der Waals surface area (Å²) < 4.78 is 6.94. The van der Waals surface area contributed by atoms with Crippen molar-refractivity contribution >= 4 is 0 Å². The first-order chi connectivity index (χ1) is 7.24. The van der Waals surface area contributed by atoms with Crippen molar-refractivity contribution < 1.29 is 9.84 Å². The molecule has 0 bridgehead atoms. The summed E-state index contributed by atoms with van der Waals surface area (Å²) in [5.74, 6) is 0. The lowest BCUT2D eigenvalue weighted by molar-refractivity contribution is 0.0938. The molecular weight excluding hydrogens is 194 g/mol. The third-order valence-corrected chi connectivity index (χ3v) is 2.09. The van der Waals surface area contributed by atoms with Gasteiger partial charge in [0.1, 0.15) is 0 Å². The average molecular weight is 213 g/mol. The number of ether oxygens (including phenoxy) is 1. The van der Waals surface area contributed by atoms with Gasteiger partial charge >= 0.3 is 0 Å². The Bertz CT molecular complexity index is 286. The van der Waals surface area contributed by atoms with Crippen LogP contribution < -0.4 is 5.32 Å². The zero-order valence-electron chi connectivity index (χ0n) is 9.36. The maximum absolute atomic E-state index is 8.48. The van der Waals surface area contributed by atoms with E-state index in [0.717, 1.165) is 18.8 Å². The quantitative estimate of drug-likeness (QED) is 0.617. The monoisotopic (exact) mass is 213 g/mol. The first kappa shape index (κ1) is 12.2. The minimum absolute atomic E-state index is 0.0850. The Balaban J connectivity index is 2.12. The van der Waals surface area contributed by atoms with Gasteiger partial charge in [0, 0.05) is 31.9 Å². The third kappa shape index (κ3) is 4.42. The number of hydrogen-bond donors (Lipinski definition) is 2. The highest BCUT2D eigenvalue weighted by atomic mass is 16.5. The zero-order chi connectivity index (χ0) is 11.1. The van der Waals surface area contributed by atoms with E-state index in [1.807, 2.05) is 24.9 Å². The number of aromatic nitrogens is 2. The topological polar surface area (TPSA) is 59.3 Å². The van der Waals surface area contributed by atoms with Crippen LogP contribution in [0.4, 0.5) is 0 Å². The molecule has 0 aromatic carbocycles. The smallest absolute Gasteiger partial charge is 0.0698 e. The molecule has 5 nitrogen and oxygen atoms in total. The van der Waals surface area contributed by atoms with Gasteiger partial charge in [-0.25, -0.2) is 0 Å². The van der Waals surface area contributed by atoms with Crippen LogP contribution in [-0.2, 0) is 18.3 Å². The minimum Gasteiger partial charge on any atom is -0.394 e. The van der Waals surface area contributed by atoms with E-state index in [1.54, 1.807) is 0 Å². The summed E-state index contributed by atoms with van der Waals surface area (Å²) in [5.41, 5.74) is 2.26. The lowest BCUT2D eigenvalue weighted by atomic mass is 10.2. The molecule has 1 heterocycles. The van der Waals surface area contributed by atoms with Crippen molar-refractivity contribution in [3.05, 3.63) is 17.5 Å². The fraction of sp³-hybridized carbons (Fsp3) is 0.700. The van der Waals surface area contributed by atoms with Gasteiger partial charge in [0.15, 0.2) is 0 Å². The van der Waals surface area contributed by atoms with Crippen LogP contribution in [0.5, 0.6) is 0 Å². The molecule has 1 rings (SSSR count). The van der Waals surface area contributed by atoms with Crippen molar-refractivity contribution in [3.8, 4) is 0 Å². The summed E-state index contributed by atoms with van der Waals surface area (Å²) in [6.45, 7) is 4.71. The van der Waals surface area contributed by atoms with Gasteiger partial charge in [-0.1, -0.05) is 0 Å². The van der Waals surface area contributed by atoms with Gasteiger partial charge in [0.2, 0.25) is 0 Å². The molecule has 0 aliphatic heterocycles. The second kappa shape index (κ2) is 6.55. The molecule has 0 aliphatic rings. The number of rotatable bonds is 7. The molecule has 86 valence electrons. The van der Waals surface area contributed by atoms with E-state index in [2.05, 4.69) is 10.4 Å². The predicted molar refractivity (Wildman–Crippen MR) is 57.6 cm³/mol. The average Bonchev–Trinajstić information content (AvgIpc) is 2.51. The molecule has 0 saturated carbocycles. The standard InChI is InChI=1S/C10H19N3O2/c1-9-10(8-13(2)12-9)7-11-3-5-15-6-4-14/h8,11,14H,3-7H2,1-2H3. The third-order valence-electron chi connectivity index (χ3n) is 2.09. The van der Waals surface area contributed by atoms with E-state index in [1.165, 1.54) is 5.56 Å². The summed E-state index contributed by atoms with van der Waals surface area (Å²) in [6, 6.07) is 0. The van der Waals surface area contributed by atoms with Crippen LogP contribution in [-0.4, -0.2) is 41.3 Å². The van der Waals surface area contributed by atoms with Crippen LogP contribution in [0.2, 0.25) is 0 Å². The van der Waals surface area contributed by atoms with Crippen molar-refractivity contribution in [1.82, 2.24) is 15.1 Å². The highest BCUT2D eigenvalue weighted by Crippen LogP contribution is 2.03. The molecule has 0 atom stereocenters. The number of aryl methyl sites for hydroxylation is 2. The van der Waals surface area contributed by atoms with Crippen molar-refractivity contribution in [3.63, 3.8) is 0 Å². The van der Waals surface area contributed by atoms with Crippen LogP contribution in [0.1, 0.15) is 11.3 Å². The van der Waals surface area contributed by atoms with Crippen molar-refractivity contribution in [2.45, 2.75) is 13.5 Å². The van der Waals surface area contributed by atoms with E-state index in [9.17, 15) is 0 Å². The molecule has 0 unspecified atom stereocenters. The van der Waals surface area contributed by atoms with Crippen molar-refractivity contribution in [1.29, 1.82) is 0 Å². The van der Waals surface area contributed by atoms with Gasteiger partial charge in [-0.15, -0.1) is 0 Å². The number of aliphatic hydroxyl groups is 1. The molecule has 0 fully saturated rings. The second-order valence-electron chi connectivity index (χ2n) is 3.43. The summed E-state index contributed by atoms with van der Waals surface area (Å²) in [5, 5.41) is 16.0. The Labute approximate surface area is 90.1 Å². The highest BCUT2D eigenvalue weighted by Gasteiger charge is 2.01. The molecule has 0 radical (unpaired) electrons. The minimum atomic E-state index is 0.0850. The van der Waals surface area contributed by atoms with Crippen molar-refractivity contribution in [2.24, 2.45) is 7.05 Å². The van der Waals surface area contributed by atoms with Crippen LogP contribution in [0.15, 0.2) is 6.20 Å². The summed E-state index contributed by atoms with van der Waals surface area (Å²) in [4.78, 5) is 0. The maximum atomic E-state index is 8.48. The van der Waals surface area contributed by atoms with Gasteiger partial charge in [0.05, 0.1) is 25.5 Å². The highest BCUT2D eigenvalue weighted by molar-refractivity contribution is 5.14. The lowest BCUT2D eigenvalue weighted by Gasteiger charge is -2.04. The Morgan fingerprint density at radius 1 is 1.53 bits per heavy atom. The van der Waals surface area contributed by atoms with Gasteiger partial charge in [-0.2, -0.15) is 5.10 Å². The van der Waals surface area contributed by atoms with Crippen LogP contribution in [0, 0.1) is 6.92 Å². The summed E-state index contributed by atoms with van der Waals surface area (Å²) >= 11 is 0. The maximum Gasteiger partial charge on any atom is 0.0698 e. The lowest BCUT2D eigenvalue weighted by Crippen LogP contribution is -2.20. The number of nitrogens with zero attached hydrogens (tertiary/aromatic N) is 2. The summed E-state index contributed by atoms with van der Waals surface area (Å²) in [6.07, 6.45) is 2.01. The van der Waals surface area contributed by atoms with Crippen LogP contribution >= 0.6 is 0 Å². The SMILES string of the molecule is Cc1nn(C)cc1CNCCOCCO. The Morgan fingerprint density at radius 3 is 2.93 bits per heavy atom. The fourth-order valence-corrected chi connectivity index (χ4v) is 1.36. The molecule has 0 saturated heterocycles. The Kier molecular flexibility index (Phi) is 5.31. The molecule has 0 aliphatic carbocycles. The largest absolute Gasteiger partial charge is 0.394 e. The predicted octanol–water partition coefficient (Wildman–Crippen LogP) is -0.173. The Morgan fingerprint density at radius 2 is 2.33 bits per heavy atom. The van der Waals surface area contributed by atoms with E-state index in [-0.39, 0.29) is 6.61 Å². The van der Waals surface area contributed by atoms with Crippen LogP contribution in [0.3, 0.4) is 0 Å². The van der Waals surface area contributed by atoms with E-state index < -0.39 is 0 Å². The molecule has 0 spiro atoms. The van der Waals surface area contributed by atoms with Gasteiger partial charge in [0.25, 0.3) is 0 Å². The first-order valence-electron chi connectivity index (χ1n) is 5.12. The molecule has 1 aromatic rings. The number of nitrogens with one attached hydrogen (secondary N) is 1. The summed E-state index contributed by atoms with van der Waals surface area (Å²) in [7, 11) is 1.92. The number of hydrogen-bond acceptors (Lipinski definition) is 4. The van der Waals surface area contributed by atoms with Crippen molar-refractivity contribution in [2.75, 3.05) is 26.4 Å². The molecular formula is C10H19N3O2. The zero-order valence-corrected chi connectivity index (χ0v) is 9.36. The normalized spacial score (nSPS) is 10.9. The molecule has 15 heavy (non-hydrogen) atoms. The van der Waals surface area contributed by atoms with Gasteiger partial charge < -0.3 is 15.2 Å². The second-order valence-corrected chi connectivity index (χ2v) is 3.43. The van der Waals surface area contributed by atoms with E-state index in [4.69, 9.17) is 9.84 Å². The van der Waals surface area contributed by atoms with Gasteiger partial charge in [-0.05, 0) is 6.92 Å². The molecule has 2 N–H and O–H groups in total. The number of aliphatic hydroxyl groups excluding tert-OH is 1. The van der Waals surface area contributed by atoms with Gasteiger partial charge in [-0.3, -0.25) is 4.68 Å². The molecule has 0 amide bonds. The van der Waals surface area contributed by atoms with E-state index in [0.29, 0.717) is 13.2 Å². The van der Waals surface area contributed by atoms with Crippen LogP contribution in [0.25, 0.3) is 0 Å². The fourth-order valence-electron chi connectivity index (χ4n) is 1.36.